The predicted octanol–water partition coefficient (Wildman–Crippen LogP) is 2.56. The number of nitrogens with one attached hydrogen (secondary N) is 1. The van der Waals surface area contributed by atoms with E-state index in [4.69, 9.17) is 0 Å². The number of carbonyl (C=O) groups excluding carboxylic acids is 1. The Morgan fingerprint density at radius 3 is 2.46 bits per heavy atom. The van der Waals surface area contributed by atoms with Gasteiger partial charge in [-0.2, -0.15) is 5.26 Å². The highest BCUT2D eigenvalue weighted by Crippen LogP contribution is 2.17. The molecule has 26 heavy (non-hydrogen) atoms. The van der Waals surface area contributed by atoms with E-state index in [1.54, 1.807) is 6.92 Å². The monoisotopic (exact) mass is 356 g/mol. The minimum Gasteiger partial charge on any atom is -0.336 e. The maximum absolute atomic E-state index is 12.6. The number of rotatable bonds is 6. The number of carbonyl (C=O) groups is 1. The molecule has 0 aliphatic carbocycles. The zero-order valence-electron chi connectivity index (χ0n) is 16.7. The van der Waals surface area contributed by atoms with Crippen molar-refractivity contribution in [2.24, 2.45) is 5.92 Å². The molecule has 0 unspecified atom stereocenters. The highest BCUT2D eigenvalue weighted by molar-refractivity contribution is 5.82. The third-order valence-corrected chi connectivity index (χ3v) is 5.59. The van der Waals surface area contributed by atoms with E-state index in [9.17, 15) is 10.1 Å². The van der Waals surface area contributed by atoms with Gasteiger partial charge < -0.3 is 5.32 Å². The Bertz CT molecular complexity index is 658. The van der Waals surface area contributed by atoms with Gasteiger partial charge in [-0.1, -0.05) is 43.7 Å². The molecule has 0 aromatic heterocycles. The van der Waals surface area contributed by atoms with Crippen LogP contribution < -0.4 is 5.32 Å². The van der Waals surface area contributed by atoms with E-state index >= 15 is 0 Å². The summed E-state index contributed by atoms with van der Waals surface area (Å²) in [5.74, 6) is 0.00436. The van der Waals surface area contributed by atoms with Crippen LogP contribution in [-0.4, -0.2) is 53.5 Å². The molecule has 0 bridgehead atoms. The van der Waals surface area contributed by atoms with Crippen LogP contribution in [0.3, 0.4) is 0 Å². The van der Waals surface area contributed by atoms with Crippen molar-refractivity contribution in [2.45, 2.75) is 52.7 Å². The van der Waals surface area contributed by atoms with Crippen molar-refractivity contribution < 1.29 is 4.79 Å². The van der Waals surface area contributed by atoms with Gasteiger partial charge in [0.25, 0.3) is 0 Å². The molecular formula is C21H32N4O. The summed E-state index contributed by atoms with van der Waals surface area (Å²) in [4.78, 5) is 17.3. The lowest BCUT2D eigenvalue weighted by Gasteiger charge is -2.38. The lowest BCUT2D eigenvalue weighted by atomic mass is 9.89. The average molecular weight is 357 g/mol. The largest absolute Gasteiger partial charge is 0.336 e. The second-order valence-electron chi connectivity index (χ2n) is 7.94. The third kappa shape index (κ3) is 5.06. The standard InChI is InChI=1S/C21H32N4O/c1-16(2)21(5,15-22)23-20(26)18(4)25-11-9-24(10-12-25)14-19-8-6-7-17(3)13-19/h6-8,13,16,18H,9-12,14H2,1-5H3,(H,23,26)/t18-,21+/m1/s1. The second-order valence-corrected chi connectivity index (χ2v) is 7.94. The van der Waals surface area contributed by atoms with Crippen LogP contribution in [0.15, 0.2) is 24.3 Å². The number of benzene rings is 1. The van der Waals surface area contributed by atoms with Crippen LogP contribution in [0.2, 0.25) is 0 Å². The molecule has 0 saturated carbocycles. The van der Waals surface area contributed by atoms with E-state index in [1.807, 2.05) is 20.8 Å². The summed E-state index contributed by atoms with van der Waals surface area (Å²) < 4.78 is 0. The van der Waals surface area contributed by atoms with Gasteiger partial charge in [0.1, 0.15) is 5.54 Å². The van der Waals surface area contributed by atoms with Gasteiger partial charge in [-0.3, -0.25) is 14.6 Å². The summed E-state index contributed by atoms with van der Waals surface area (Å²) in [6.07, 6.45) is 0. The van der Waals surface area contributed by atoms with Gasteiger partial charge in [0.05, 0.1) is 12.1 Å². The maximum atomic E-state index is 12.6. The molecule has 1 heterocycles. The van der Waals surface area contributed by atoms with Gasteiger partial charge in [-0.25, -0.2) is 0 Å². The summed E-state index contributed by atoms with van der Waals surface area (Å²) in [5.41, 5.74) is 1.81. The predicted molar refractivity (Wildman–Crippen MR) is 104 cm³/mol. The number of nitrogens with zero attached hydrogens (tertiary/aromatic N) is 3. The molecule has 1 aromatic rings. The first-order valence-corrected chi connectivity index (χ1v) is 9.50. The van der Waals surface area contributed by atoms with Crippen LogP contribution in [0.1, 0.15) is 38.8 Å². The molecule has 1 saturated heterocycles. The van der Waals surface area contributed by atoms with Crippen molar-refractivity contribution >= 4 is 5.91 Å². The lowest BCUT2D eigenvalue weighted by molar-refractivity contribution is -0.128. The summed E-state index contributed by atoms with van der Waals surface area (Å²) in [6, 6.07) is 10.7. The highest BCUT2D eigenvalue weighted by Gasteiger charge is 2.33. The fourth-order valence-electron chi connectivity index (χ4n) is 3.21. The number of nitriles is 1. The first kappa shape index (κ1) is 20.4. The second kappa shape index (κ2) is 8.66. The Balaban J connectivity index is 1.87. The normalized spacial score (nSPS) is 19.6. The summed E-state index contributed by atoms with van der Waals surface area (Å²) >= 11 is 0. The van der Waals surface area contributed by atoms with E-state index in [1.165, 1.54) is 11.1 Å². The van der Waals surface area contributed by atoms with Gasteiger partial charge in [-0.15, -0.1) is 0 Å². The molecule has 1 fully saturated rings. The van der Waals surface area contributed by atoms with Gasteiger partial charge in [-0.05, 0) is 32.3 Å². The molecule has 5 nitrogen and oxygen atoms in total. The zero-order chi connectivity index (χ0) is 19.3. The van der Waals surface area contributed by atoms with Crippen LogP contribution in [-0.2, 0) is 11.3 Å². The fraction of sp³-hybridized carbons (Fsp3) is 0.619. The molecule has 1 aliphatic heterocycles. The van der Waals surface area contributed by atoms with Gasteiger partial charge in [0, 0.05) is 32.7 Å². The molecule has 2 atom stereocenters. The van der Waals surface area contributed by atoms with E-state index < -0.39 is 5.54 Å². The fourth-order valence-corrected chi connectivity index (χ4v) is 3.21. The summed E-state index contributed by atoms with van der Waals surface area (Å²) in [7, 11) is 0. The molecule has 5 heteroatoms. The smallest absolute Gasteiger partial charge is 0.238 e. The van der Waals surface area contributed by atoms with Gasteiger partial charge in [0.2, 0.25) is 5.91 Å². The molecule has 142 valence electrons. The third-order valence-electron chi connectivity index (χ3n) is 5.59. The molecule has 2 rings (SSSR count). The first-order valence-electron chi connectivity index (χ1n) is 9.50. The molecule has 0 radical (unpaired) electrons. The van der Waals surface area contributed by atoms with Crippen molar-refractivity contribution in [3.8, 4) is 6.07 Å². The van der Waals surface area contributed by atoms with Crippen LogP contribution in [0.4, 0.5) is 0 Å². The number of hydrogen-bond acceptors (Lipinski definition) is 4. The topological polar surface area (TPSA) is 59.4 Å². The number of hydrogen-bond donors (Lipinski definition) is 1. The van der Waals surface area contributed by atoms with Gasteiger partial charge >= 0.3 is 0 Å². The van der Waals surface area contributed by atoms with E-state index in [0.717, 1.165) is 32.7 Å². The van der Waals surface area contributed by atoms with Crippen LogP contribution >= 0.6 is 0 Å². The van der Waals surface area contributed by atoms with Crippen molar-refractivity contribution in [1.82, 2.24) is 15.1 Å². The van der Waals surface area contributed by atoms with E-state index in [2.05, 4.69) is 52.4 Å². The molecule has 1 amide bonds. The van der Waals surface area contributed by atoms with Crippen molar-refractivity contribution in [3.63, 3.8) is 0 Å². The van der Waals surface area contributed by atoms with E-state index in [0.29, 0.717) is 0 Å². The molecule has 1 N–H and O–H groups in total. The van der Waals surface area contributed by atoms with Crippen LogP contribution in [0.25, 0.3) is 0 Å². The van der Waals surface area contributed by atoms with Crippen LogP contribution in [0.5, 0.6) is 0 Å². The number of aryl methyl sites for hydroxylation is 1. The summed E-state index contributed by atoms with van der Waals surface area (Å²) in [5, 5.41) is 12.3. The minimum absolute atomic E-state index is 0.0603. The van der Waals surface area contributed by atoms with Crippen molar-refractivity contribution in [1.29, 1.82) is 5.26 Å². The Hall–Kier alpha value is -1.90. The number of amides is 1. The molecule has 1 aliphatic rings. The molecular weight excluding hydrogens is 324 g/mol. The average Bonchev–Trinajstić information content (AvgIpc) is 2.61. The van der Waals surface area contributed by atoms with Crippen molar-refractivity contribution in [2.75, 3.05) is 26.2 Å². The Labute approximate surface area is 158 Å². The Kier molecular flexibility index (Phi) is 6.80. The quantitative estimate of drug-likeness (QED) is 0.851. The van der Waals surface area contributed by atoms with E-state index in [-0.39, 0.29) is 17.9 Å². The Morgan fingerprint density at radius 2 is 1.92 bits per heavy atom. The Morgan fingerprint density at radius 1 is 1.27 bits per heavy atom. The lowest BCUT2D eigenvalue weighted by Crippen LogP contribution is -2.58. The maximum Gasteiger partial charge on any atom is 0.238 e. The minimum atomic E-state index is -0.821. The van der Waals surface area contributed by atoms with Crippen LogP contribution in [0, 0.1) is 24.2 Å². The summed E-state index contributed by atoms with van der Waals surface area (Å²) in [6.45, 7) is 14.3. The SMILES string of the molecule is Cc1cccc(CN2CCN([C@H](C)C(=O)N[C@@](C)(C#N)C(C)C)CC2)c1. The highest BCUT2D eigenvalue weighted by atomic mass is 16.2. The van der Waals surface area contributed by atoms with Crippen molar-refractivity contribution in [3.05, 3.63) is 35.4 Å². The first-order chi connectivity index (χ1) is 12.2. The van der Waals surface area contributed by atoms with Gasteiger partial charge in [0.15, 0.2) is 0 Å². The molecule has 1 aromatic carbocycles. The molecule has 0 spiro atoms. The number of piperazine rings is 1. The zero-order valence-corrected chi connectivity index (χ0v) is 16.7.